The highest BCUT2D eigenvalue weighted by molar-refractivity contribution is 7.12. The highest BCUT2D eigenvalue weighted by atomic mass is 32.1. The molecule has 0 radical (unpaired) electrons. The van der Waals surface area contributed by atoms with Gasteiger partial charge in [-0.25, -0.2) is 4.79 Å². The number of amides is 1. The van der Waals surface area contributed by atoms with Crippen LogP contribution in [-0.4, -0.2) is 48.1 Å². The third-order valence-electron chi connectivity index (χ3n) is 6.50. The number of nitrogens with one attached hydrogen (secondary N) is 1. The van der Waals surface area contributed by atoms with Crippen LogP contribution in [0.4, 0.5) is 0 Å². The average molecular weight is 445 g/mol. The summed E-state index contributed by atoms with van der Waals surface area (Å²) in [5.41, 5.74) is 0.683. The first-order chi connectivity index (χ1) is 14.5. The van der Waals surface area contributed by atoms with Gasteiger partial charge in [-0.15, -0.1) is 11.3 Å². The minimum absolute atomic E-state index is 0.0454. The Kier molecular flexibility index (Phi) is 7.49. The van der Waals surface area contributed by atoms with E-state index >= 15 is 0 Å². The molecule has 1 aliphatic carbocycles. The van der Waals surface area contributed by atoms with Gasteiger partial charge in [-0.2, -0.15) is 0 Å². The molecule has 0 bridgehead atoms. The number of aromatic carboxylic acids is 1. The van der Waals surface area contributed by atoms with Crippen LogP contribution in [0.15, 0.2) is 11.4 Å². The highest BCUT2D eigenvalue weighted by Crippen LogP contribution is 2.36. The van der Waals surface area contributed by atoms with Crippen LogP contribution in [0, 0.1) is 35.0 Å². The smallest absolute Gasteiger partial charge is 0.346 e. The summed E-state index contributed by atoms with van der Waals surface area (Å²) < 4.78 is 0. The van der Waals surface area contributed by atoms with Crippen LogP contribution in [0.25, 0.3) is 0 Å². The van der Waals surface area contributed by atoms with E-state index in [9.17, 15) is 14.7 Å². The normalized spacial score (nSPS) is 29.6. The van der Waals surface area contributed by atoms with E-state index in [0.29, 0.717) is 17.3 Å². The lowest BCUT2D eigenvalue weighted by Gasteiger charge is -2.42. The number of carboxylic acid groups (broad SMARTS) is 1. The summed E-state index contributed by atoms with van der Waals surface area (Å²) in [5.74, 6) is 6.62. The molecule has 1 saturated carbocycles. The van der Waals surface area contributed by atoms with E-state index in [-0.39, 0.29) is 35.1 Å². The fraction of sp³-hybridized carbons (Fsp3) is 0.680. The quantitative estimate of drug-likeness (QED) is 0.673. The van der Waals surface area contributed by atoms with Crippen molar-refractivity contribution in [3.05, 3.63) is 21.9 Å². The molecular weight excluding hydrogens is 408 g/mol. The Labute approximate surface area is 190 Å². The number of carbonyl (C=O) groups is 2. The minimum atomic E-state index is -0.901. The predicted octanol–water partition coefficient (Wildman–Crippen LogP) is 4.45. The summed E-state index contributed by atoms with van der Waals surface area (Å²) in [6.07, 6.45) is 4.05. The van der Waals surface area contributed by atoms with Gasteiger partial charge >= 0.3 is 5.97 Å². The Hall–Kier alpha value is -1.84. The Bertz CT molecular complexity index is 852. The molecular formula is C25H36N2O3S. The standard InChI is InChI=1S/C25H36N2O3S/c1-16-6-8-17(9-7-16)23(28)26-21-18(10-12-25(2,3)4)14-27(5)15-20(21)19-11-13-31-22(19)24(29)30/h11,13,16-18,20-21H,6-9,14-15H2,1-5H3,(H,26,28)(H,29,30). The molecule has 0 spiro atoms. The monoisotopic (exact) mass is 444 g/mol. The summed E-state index contributed by atoms with van der Waals surface area (Å²) in [6.45, 7) is 9.98. The van der Waals surface area contributed by atoms with Crippen molar-refractivity contribution in [1.29, 1.82) is 0 Å². The first-order valence-corrected chi connectivity index (χ1v) is 12.3. The number of carboxylic acids is 1. The van der Waals surface area contributed by atoms with E-state index in [2.05, 4.69) is 49.8 Å². The van der Waals surface area contributed by atoms with Gasteiger partial charge in [0, 0.05) is 30.3 Å². The van der Waals surface area contributed by atoms with Gasteiger partial charge in [0.25, 0.3) is 0 Å². The number of likely N-dealkylation sites (N-methyl/N-ethyl adjacent to an activating group) is 1. The van der Waals surface area contributed by atoms with E-state index in [0.717, 1.165) is 37.8 Å². The fourth-order valence-corrected chi connectivity index (χ4v) is 5.59. The number of hydrogen-bond donors (Lipinski definition) is 2. The largest absolute Gasteiger partial charge is 0.477 e. The first kappa shape index (κ1) is 23.8. The molecule has 170 valence electrons. The van der Waals surface area contributed by atoms with E-state index in [1.165, 1.54) is 11.3 Å². The third kappa shape index (κ3) is 6.11. The lowest BCUT2D eigenvalue weighted by Crippen LogP contribution is -2.55. The minimum Gasteiger partial charge on any atom is -0.477 e. The van der Waals surface area contributed by atoms with Gasteiger partial charge in [-0.3, -0.25) is 4.79 Å². The topological polar surface area (TPSA) is 69.6 Å². The maximum Gasteiger partial charge on any atom is 0.346 e. The van der Waals surface area contributed by atoms with Crippen molar-refractivity contribution < 1.29 is 14.7 Å². The van der Waals surface area contributed by atoms with E-state index in [1.54, 1.807) is 0 Å². The molecule has 3 atom stereocenters. The van der Waals surface area contributed by atoms with E-state index in [4.69, 9.17) is 0 Å². The van der Waals surface area contributed by atoms with Gasteiger partial charge in [-0.05, 0) is 76.4 Å². The van der Waals surface area contributed by atoms with Crippen molar-refractivity contribution in [3.8, 4) is 11.8 Å². The van der Waals surface area contributed by atoms with Crippen LogP contribution >= 0.6 is 11.3 Å². The molecule has 1 aromatic rings. The van der Waals surface area contributed by atoms with Crippen LogP contribution in [0.3, 0.4) is 0 Å². The summed E-state index contributed by atoms with van der Waals surface area (Å²) in [4.78, 5) is 27.7. The van der Waals surface area contributed by atoms with Crippen LogP contribution in [-0.2, 0) is 4.79 Å². The van der Waals surface area contributed by atoms with E-state index < -0.39 is 5.97 Å². The lowest BCUT2D eigenvalue weighted by molar-refractivity contribution is -0.127. The Morgan fingerprint density at radius 1 is 1.19 bits per heavy atom. The molecule has 2 N–H and O–H groups in total. The van der Waals surface area contributed by atoms with Gasteiger partial charge in [0.05, 0.1) is 12.0 Å². The number of likely N-dealkylation sites (tertiary alicyclic amines) is 1. The number of thiophene rings is 1. The van der Waals surface area contributed by atoms with Gasteiger partial charge in [0.15, 0.2) is 0 Å². The zero-order chi connectivity index (χ0) is 22.8. The summed E-state index contributed by atoms with van der Waals surface area (Å²) in [5, 5.41) is 14.9. The van der Waals surface area contributed by atoms with Gasteiger partial charge < -0.3 is 15.3 Å². The molecule has 1 aromatic heterocycles. The predicted molar refractivity (Wildman–Crippen MR) is 125 cm³/mol. The van der Waals surface area contributed by atoms with Crippen LogP contribution < -0.4 is 5.32 Å². The molecule has 6 heteroatoms. The molecule has 1 saturated heterocycles. The van der Waals surface area contributed by atoms with Crippen molar-refractivity contribution in [3.63, 3.8) is 0 Å². The number of hydrogen-bond acceptors (Lipinski definition) is 4. The van der Waals surface area contributed by atoms with Crippen LogP contribution in [0.5, 0.6) is 0 Å². The zero-order valence-electron chi connectivity index (χ0n) is 19.4. The van der Waals surface area contributed by atoms with Crippen molar-refractivity contribution >= 4 is 23.2 Å². The molecule has 2 heterocycles. The second-order valence-electron chi connectivity index (χ2n) is 10.5. The van der Waals surface area contributed by atoms with Crippen LogP contribution in [0.1, 0.15) is 74.5 Å². The Morgan fingerprint density at radius 3 is 2.48 bits per heavy atom. The number of piperidine rings is 1. The Morgan fingerprint density at radius 2 is 1.87 bits per heavy atom. The molecule has 1 amide bonds. The third-order valence-corrected chi connectivity index (χ3v) is 7.42. The molecule has 0 aromatic carbocycles. The fourth-order valence-electron chi connectivity index (χ4n) is 4.78. The maximum atomic E-state index is 13.2. The van der Waals surface area contributed by atoms with Gasteiger partial charge in [0.2, 0.25) is 5.91 Å². The second kappa shape index (κ2) is 9.75. The summed E-state index contributed by atoms with van der Waals surface area (Å²) >= 11 is 1.25. The summed E-state index contributed by atoms with van der Waals surface area (Å²) in [6, 6.07) is 1.72. The maximum absolute atomic E-state index is 13.2. The molecule has 2 fully saturated rings. The highest BCUT2D eigenvalue weighted by Gasteiger charge is 2.40. The molecule has 5 nitrogen and oxygen atoms in total. The lowest BCUT2D eigenvalue weighted by atomic mass is 9.78. The van der Waals surface area contributed by atoms with E-state index in [1.807, 2.05) is 18.5 Å². The number of nitrogens with zero attached hydrogens (tertiary/aromatic N) is 1. The number of carbonyl (C=O) groups excluding carboxylic acids is 1. The van der Waals surface area contributed by atoms with Gasteiger partial charge in [-0.1, -0.05) is 18.8 Å². The van der Waals surface area contributed by atoms with Gasteiger partial charge in [0.1, 0.15) is 4.88 Å². The van der Waals surface area contributed by atoms with Crippen molar-refractivity contribution in [1.82, 2.24) is 10.2 Å². The molecule has 3 rings (SSSR count). The Balaban J connectivity index is 1.92. The SMILES string of the molecule is CC1CCC(C(=O)NC2C(C#CC(C)(C)C)CN(C)CC2c2ccsc2C(=O)O)CC1. The molecule has 1 aliphatic heterocycles. The molecule has 3 unspecified atom stereocenters. The van der Waals surface area contributed by atoms with Crippen molar-refractivity contribution in [2.24, 2.45) is 23.2 Å². The summed E-state index contributed by atoms with van der Waals surface area (Å²) in [7, 11) is 2.05. The van der Waals surface area contributed by atoms with Crippen molar-refractivity contribution in [2.75, 3.05) is 20.1 Å². The number of rotatable bonds is 4. The van der Waals surface area contributed by atoms with Crippen LogP contribution in [0.2, 0.25) is 0 Å². The molecule has 2 aliphatic rings. The van der Waals surface area contributed by atoms with Crippen molar-refractivity contribution in [2.45, 2.75) is 65.3 Å². The average Bonchev–Trinajstić information content (AvgIpc) is 3.17. The zero-order valence-corrected chi connectivity index (χ0v) is 20.2. The molecule has 31 heavy (non-hydrogen) atoms. The first-order valence-electron chi connectivity index (χ1n) is 11.4. The second-order valence-corrected chi connectivity index (χ2v) is 11.4.